The Morgan fingerprint density at radius 3 is 0.750 bits per heavy atom. The summed E-state index contributed by atoms with van der Waals surface area (Å²) in [6, 6.07) is 92.7. The van der Waals surface area contributed by atoms with Gasteiger partial charge in [0.05, 0.1) is 11.4 Å². The maximum absolute atomic E-state index is 2.52. The van der Waals surface area contributed by atoms with Crippen molar-refractivity contribution in [2.45, 2.75) is 12.8 Å². The van der Waals surface area contributed by atoms with Crippen molar-refractivity contribution in [1.29, 1.82) is 0 Å². The Balaban J connectivity index is 1.36. The summed E-state index contributed by atoms with van der Waals surface area (Å²) >= 11 is 0. The minimum Gasteiger partial charge on any atom is -0.310 e. The maximum Gasteiger partial charge on any atom is 0.0580 e. The molecule has 0 saturated carbocycles. The standard InChI is InChI=1S/C62H46N2/c1-9-25-45(26-10-1)53-41-57-58(42-54(53)46-27-11-2-12-28-46)62(64(51-37-21-7-22-38-51)52-39-23-8-24-40-52)60-44-56(48-31-15-4-16-32-48)55(47-29-13-3-14-30-47)43-59(60)61(57)63(49-33-17-5-18-34-49)50-35-19-6-20-36-50/h1-42H,43-44H2. The molecule has 0 amide bonds. The fourth-order valence-corrected chi connectivity index (χ4v) is 9.73. The fourth-order valence-electron chi connectivity index (χ4n) is 9.73. The molecule has 0 radical (unpaired) electrons. The van der Waals surface area contributed by atoms with E-state index in [1.54, 1.807) is 0 Å². The molecular weight excluding hydrogens is 773 g/mol. The highest BCUT2D eigenvalue weighted by Gasteiger charge is 2.34. The van der Waals surface area contributed by atoms with Crippen LogP contribution in [0.5, 0.6) is 0 Å². The Hall–Kier alpha value is -8.20. The minimum atomic E-state index is 0.733. The molecule has 0 aliphatic heterocycles. The van der Waals surface area contributed by atoms with E-state index in [1.165, 1.54) is 77.8 Å². The summed E-state index contributed by atoms with van der Waals surface area (Å²) in [6.07, 6.45) is 1.47. The van der Waals surface area contributed by atoms with Crippen LogP contribution in [0.2, 0.25) is 0 Å². The smallest absolute Gasteiger partial charge is 0.0580 e. The lowest BCUT2D eigenvalue weighted by atomic mass is 9.76. The van der Waals surface area contributed by atoms with E-state index in [9.17, 15) is 0 Å². The SMILES string of the molecule is c1ccc(C2=C(c3ccccc3)Cc3c(c(N(c4ccccc4)c4ccccc4)c4cc(-c5ccccc5)c(-c5ccccc5)cc4c3N(c3ccccc3)c3ccccc3)C2)cc1. The summed E-state index contributed by atoms with van der Waals surface area (Å²) in [6.45, 7) is 0. The molecule has 0 aromatic heterocycles. The molecule has 0 N–H and O–H groups in total. The zero-order valence-corrected chi connectivity index (χ0v) is 35.6. The number of anilines is 6. The van der Waals surface area contributed by atoms with E-state index in [-0.39, 0.29) is 0 Å². The third kappa shape index (κ3) is 7.25. The molecule has 304 valence electrons. The molecule has 0 bridgehead atoms. The highest BCUT2D eigenvalue weighted by Crippen LogP contribution is 2.55. The molecule has 64 heavy (non-hydrogen) atoms. The summed E-state index contributed by atoms with van der Waals surface area (Å²) in [4.78, 5) is 5.04. The van der Waals surface area contributed by atoms with E-state index in [0.717, 1.165) is 35.6 Å². The van der Waals surface area contributed by atoms with E-state index in [0.29, 0.717) is 0 Å². The quantitative estimate of drug-likeness (QED) is 0.127. The molecule has 0 unspecified atom stereocenters. The number of para-hydroxylation sites is 4. The average Bonchev–Trinajstić information content (AvgIpc) is 3.38. The lowest BCUT2D eigenvalue weighted by molar-refractivity contribution is 1.09. The molecule has 0 fully saturated rings. The molecule has 2 nitrogen and oxygen atoms in total. The molecule has 1 aliphatic carbocycles. The van der Waals surface area contributed by atoms with Gasteiger partial charge in [0.1, 0.15) is 0 Å². The molecule has 2 heteroatoms. The van der Waals surface area contributed by atoms with Gasteiger partial charge in [0.15, 0.2) is 0 Å². The molecule has 10 aromatic carbocycles. The lowest BCUT2D eigenvalue weighted by Crippen LogP contribution is -2.21. The van der Waals surface area contributed by atoms with E-state index in [2.05, 4.69) is 265 Å². The fraction of sp³-hybridized carbons (Fsp3) is 0.0323. The Kier molecular flexibility index (Phi) is 10.5. The van der Waals surface area contributed by atoms with Gasteiger partial charge in [-0.2, -0.15) is 0 Å². The number of allylic oxidation sites excluding steroid dienone is 2. The largest absolute Gasteiger partial charge is 0.310 e. The normalized spacial score (nSPS) is 12.2. The number of fused-ring (bicyclic) bond motifs is 2. The number of hydrogen-bond donors (Lipinski definition) is 0. The zero-order valence-electron chi connectivity index (χ0n) is 35.6. The highest BCUT2D eigenvalue weighted by molar-refractivity contribution is 6.15. The van der Waals surface area contributed by atoms with E-state index >= 15 is 0 Å². The Labute approximate surface area is 376 Å². The monoisotopic (exact) mass is 818 g/mol. The summed E-state index contributed by atoms with van der Waals surface area (Å²) in [5.41, 5.74) is 19.4. The van der Waals surface area contributed by atoms with Gasteiger partial charge in [-0.3, -0.25) is 0 Å². The van der Waals surface area contributed by atoms with Gasteiger partial charge in [0, 0.05) is 46.4 Å². The van der Waals surface area contributed by atoms with Crippen molar-refractivity contribution in [1.82, 2.24) is 0 Å². The summed E-state index contributed by atoms with van der Waals surface area (Å²) in [5, 5.41) is 2.37. The first-order chi connectivity index (χ1) is 31.8. The molecule has 10 aromatic rings. The predicted octanol–water partition coefficient (Wildman–Crippen LogP) is 16.8. The van der Waals surface area contributed by atoms with Gasteiger partial charge in [0.25, 0.3) is 0 Å². The van der Waals surface area contributed by atoms with Crippen LogP contribution in [0.4, 0.5) is 34.1 Å². The Morgan fingerprint density at radius 2 is 0.484 bits per heavy atom. The van der Waals surface area contributed by atoms with Crippen molar-refractivity contribution in [3.8, 4) is 22.3 Å². The minimum absolute atomic E-state index is 0.733. The van der Waals surface area contributed by atoms with Gasteiger partial charge in [-0.1, -0.05) is 194 Å². The van der Waals surface area contributed by atoms with Crippen LogP contribution in [0.25, 0.3) is 44.2 Å². The van der Waals surface area contributed by atoms with Crippen LogP contribution < -0.4 is 9.80 Å². The topological polar surface area (TPSA) is 6.48 Å². The van der Waals surface area contributed by atoms with Crippen molar-refractivity contribution in [3.05, 3.63) is 277 Å². The summed E-state index contributed by atoms with van der Waals surface area (Å²) < 4.78 is 0. The number of rotatable bonds is 10. The number of nitrogens with zero attached hydrogens (tertiary/aromatic N) is 2. The van der Waals surface area contributed by atoms with Crippen LogP contribution in [-0.4, -0.2) is 0 Å². The molecular formula is C62H46N2. The summed E-state index contributed by atoms with van der Waals surface area (Å²) in [5.74, 6) is 0. The third-order valence-electron chi connectivity index (χ3n) is 12.6. The van der Waals surface area contributed by atoms with E-state index < -0.39 is 0 Å². The number of hydrogen-bond acceptors (Lipinski definition) is 2. The maximum atomic E-state index is 2.52. The van der Waals surface area contributed by atoms with Crippen molar-refractivity contribution in [2.24, 2.45) is 0 Å². The van der Waals surface area contributed by atoms with E-state index in [1.807, 2.05) is 0 Å². The van der Waals surface area contributed by atoms with Crippen LogP contribution in [0.1, 0.15) is 22.3 Å². The highest BCUT2D eigenvalue weighted by atomic mass is 15.2. The first kappa shape index (κ1) is 38.7. The number of benzene rings is 10. The molecule has 1 aliphatic rings. The zero-order chi connectivity index (χ0) is 42.7. The Bertz CT molecular complexity index is 2910. The second-order valence-electron chi connectivity index (χ2n) is 16.4. The molecule has 11 rings (SSSR count). The van der Waals surface area contributed by atoms with Crippen LogP contribution in [0.15, 0.2) is 255 Å². The summed E-state index contributed by atoms with van der Waals surface area (Å²) in [7, 11) is 0. The predicted molar refractivity (Wildman–Crippen MR) is 271 cm³/mol. The van der Waals surface area contributed by atoms with Gasteiger partial charge >= 0.3 is 0 Å². The van der Waals surface area contributed by atoms with Crippen LogP contribution >= 0.6 is 0 Å². The van der Waals surface area contributed by atoms with E-state index in [4.69, 9.17) is 0 Å². The van der Waals surface area contributed by atoms with Crippen molar-refractivity contribution in [2.75, 3.05) is 9.80 Å². The molecule has 0 heterocycles. The lowest BCUT2D eigenvalue weighted by Gasteiger charge is -2.38. The second kappa shape index (κ2) is 17.3. The van der Waals surface area contributed by atoms with Crippen LogP contribution in [0, 0.1) is 0 Å². The van der Waals surface area contributed by atoms with Gasteiger partial charge in [0.2, 0.25) is 0 Å². The first-order valence-corrected chi connectivity index (χ1v) is 22.2. The Morgan fingerprint density at radius 1 is 0.250 bits per heavy atom. The van der Waals surface area contributed by atoms with Crippen LogP contribution in [0.3, 0.4) is 0 Å². The third-order valence-corrected chi connectivity index (χ3v) is 12.6. The average molecular weight is 819 g/mol. The van der Waals surface area contributed by atoms with Gasteiger partial charge in [-0.25, -0.2) is 0 Å². The van der Waals surface area contributed by atoms with Crippen molar-refractivity contribution >= 4 is 56.0 Å². The van der Waals surface area contributed by atoms with Gasteiger partial charge < -0.3 is 9.80 Å². The van der Waals surface area contributed by atoms with Crippen molar-refractivity contribution < 1.29 is 0 Å². The molecule has 0 spiro atoms. The van der Waals surface area contributed by atoms with Gasteiger partial charge in [-0.15, -0.1) is 0 Å². The molecule has 0 saturated heterocycles. The second-order valence-corrected chi connectivity index (χ2v) is 16.4. The first-order valence-electron chi connectivity index (χ1n) is 22.2. The van der Waals surface area contributed by atoms with Gasteiger partial charge in [-0.05, 0) is 116 Å². The van der Waals surface area contributed by atoms with Crippen LogP contribution in [-0.2, 0) is 12.8 Å². The molecule has 0 atom stereocenters. The van der Waals surface area contributed by atoms with Crippen molar-refractivity contribution in [3.63, 3.8) is 0 Å².